The van der Waals surface area contributed by atoms with Gasteiger partial charge >= 0.3 is 6.09 Å². The number of likely N-dealkylation sites (tertiary alicyclic amines) is 1. The third-order valence-corrected chi connectivity index (χ3v) is 6.61. The topological polar surface area (TPSA) is 108 Å². The van der Waals surface area contributed by atoms with E-state index in [9.17, 15) is 19.5 Å². The summed E-state index contributed by atoms with van der Waals surface area (Å²) < 4.78 is 5.33. The second-order valence-corrected chi connectivity index (χ2v) is 9.40. The first-order chi connectivity index (χ1) is 17.4. The quantitative estimate of drug-likeness (QED) is 0.444. The Bertz CT molecular complexity index is 985. The van der Waals surface area contributed by atoms with E-state index in [1.54, 1.807) is 0 Å². The molecule has 3 N–H and O–H groups in total. The molecule has 1 saturated heterocycles. The van der Waals surface area contributed by atoms with Gasteiger partial charge in [0.25, 0.3) is 5.91 Å². The fourth-order valence-electron chi connectivity index (χ4n) is 4.21. The lowest BCUT2D eigenvalue weighted by molar-refractivity contribution is -0.146. The van der Waals surface area contributed by atoms with E-state index in [2.05, 4.69) is 24.5 Å². The van der Waals surface area contributed by atoms with Crippen molar-refractivity contribution in [2.24, 2.45) is 5.92 Å². The number of benzene rings is 2. The van der Waals surface area contributed by atoms with E-state index in [4.69, 9.17) is 4.74 Å². The second-order valence-electron chi connectivity index (χ2n) is 9.40. The van der Waals surface area contributed by atoms with Gasteiger partial charge < -0.3 is 25.4 Å². The number of rotatable bonds is 11. The monoisotopic (exact) mass is 495 g/mol. The summed E-state index contributed by atoms with van der Waals surface area (Å²) in [6.45, 7) is 5.11. The van der Waals surface area contributed by atoms with Crippen LogP contribution in [0, 0.1) is 5.92 Å². The van der Waals surface area contributed by atoms with E-state index in [0.29, 0.717) is 31.8 Å². The molecule has 3 amide bonds. The smallest absolute Gasteiger partial charge is 0.407 e. The molecule has 1 aliphatic rings. The SMILES string of the molecule is CC[C@H](C)CNC(=O)[C@@H]1CCCN1C(=O)C(O)C(Cc1ccccc1)NC(=O)OCc1ccccc1. The Labute approximate surface area is 213 Å². The van der Waals surface area contributed by atoms with Crippen molar-refractivity contribution in [2.45, 2.75) is 64.3 Å². The number of amides is 3. The van der Waals surface area contributed by atoms with Gasteiger partial charge in [-0.25, -0.2) is 4.79 Å². The molecular formula is C28H37N3O5. The van der Waals surface area contributed by atoms with Crippen LogP contribution in [-0.4, -0.2) is 59.2 Å². The molecule has 1 heterocycles. The van der Waals surface area contributed by atoms with Crippen LogP contribution < -0.4 is 10.6 Å². The molecular weight excluding hydrogens is 458 g/mol. The van der Waals surface area contributed by atoms with Crippen LogP contribution in [0.1, 0.15) is 44.2 Å². The first-order valence-corrected chi connectivity index (χ1v) is 12.7. The minimum Gasteiger partial charge on any atom is -0.445 e. The normalized spacial score (nSPS) is 17.6. The molecule has 194 valence electrons. The summed E-state index contributed by atoms with van der Waals surface area (Å²) in [5.74, 6) is -0.435. The molecule has 1 fully saturated rings. The zero-order valence-corrected chi connectivity index (χ0v) is 21.1. The third kappa shape index (κ3) is 7.81. The molecule has 0 saturated carbocycles. The molecule has 0 aromatic heterocycles. The van der Waals surface area contributed by atoms with Crippen LogP contribution in [0.3, 0.4) is 0 Å². The molecule has 36 heavy (non-hydrogen) atoms. The minimum atomic E-state index is -1.53. The standard InChI is InChI=1S/C28H37N3O5/c1-3-20(2)18-29-26(33)24-15-10-16-31(24)27(34)25(32)23(17-21-11-6-4-7-12-21)30-28(35)36-19-22-13-8-5-9-14-22/h4-9,11-14,20,23-25,32H,3,10,15-19H2,1-2H3,(H,29,33)(H,30,35)/t20-,23?,24-,25?/m0/s1. The fourth-order valence-corrected chi connectivity index (χ4v) is 4.21. The predicted octanol–water partition coefficient (Wildman–Crippen LogP) is 3.04. The summed E-state index contributed by atoms with van der Waals surface area (Å²) in [5.41, 5.74) is 1.68. The fraction of sp³-hybridized carbons (Fsp3) is 0.464. The van der Waals surface area contributed by atoms with Crippen LogP contribution >= 0.6 is 0 Å². The number of aliphatic hydroxyl groups excluding tert-OH is 1. The van der Waals surface area contributed by atoms with Gasteiger partial charge in [-0.05, 0) is 36.3 Å². The van der Waals surface area contributed by atoms with E-state index < -0.39 is 30.2 Å². The van der Waals surface area contributed by atoms with Gasteiger partial charge in [0.05, 0.1) is 6.04 Å². The molecule has 4 atom stereocenters. The van der Waals surface area contributed by atoms with E-state index >= 15 is 0 Å². The summed E-state index contributed by atoms with van der Waals surface area (Å²) >= 11 is 0. The average molecular weight is 496 g/mol. The highest BCUT2D eigenvalue weighted by Crippen LogP contribution is 2.20. The number of alkyl carbamates (subject to hydrolysis) is 1. The van der Waals surface area contributed by atoms with Crippen LogP contribution in [0.4, 0.5) is 4.79 Å². The van der Waals surface area contributed by atoms with Crippen molar-refractivity contribution in [1.82, 2.24) is 15.5 Å². The Morgan fingerprint density at radius 3 is 2.33 bits per heavy atom. The summed E-state index contributed by atoms with van der Waals surface area (Å²) in [6.07, 6.45) is 0.136. The first kappa shape index (κ1) is 27.2. The summed E-state index contributed by atoms with van der Waals surface area (Å²) in [6, 6.07) is 17.0. The van der Waals surface area contributed by atoms with Crippen molar-refractivity contribution in [2.75, 3.05) is 13.1 Å². The molecule has 0 bridgehead atoms. The van der Waals surface area contributed by atoms with Crippen LogP contribution in [0.5, 0.6) is 0 Å². The molecule has 2 unspecified atom stereocenters. The van der Waals surface area contributed by atoms with E-state index in [0.717, 1.165) is 17.5 Å². The molecule has 3 rings (SSSR count). The molecule has 8 nitrogen and oxygen atoms in total. The Kier molecular flexibility index (Phi) is 10.3. The van der Waals surface area contributed by atoms with Crippen molar-refractivity contribution in [3.05, 3.63) is 71.8 Å². The number of carbonyl (C=O) groups is 3. The van der Waals surface area contributed by atoms with Crippen molar-refractivity contribution in [3.63, 3.8) is 0 Å². The lowest BCUT2D eigenvalue weighted by Crippen LogP contribution is -2.56. The number of aliphatic hydroxyl groups is 1. The largest absolute Gasteiger partial charge is 0.445 e. The van der Waals surface area contributed by atoms with Crippen molar-refractivity contribution >= 4 is 17.9 Å². The molecule has 2 aromatic carbocycles. The molecule has 0 spiro atoms. The number of ether oxygens (including phenoxy) is 1. The van der Waals surface area contributed by atoms with E-state index in [1.165, 1.54) is 4.90 Å². The van der Waals surface area contributed by atoms with Crippen molar-refractivity contribution in [3.8, 4) is 0 Å². The van der Waals surface area contributed by atoms with Gasteiger partial charge in [-0.1, -0.05) is 80.9 Å². The number of hydrogen-bond donors (Lipinski definition) is 3. The molecule has 2 aromatic rings. The van der Waals surface area contributed by atoms with Gasteiger partial charge in [-0.2, -0.15) is 0 Å². The highest BCUT2D eigenvalue weighted by Gasteiger charge is 2.39. The average Bonchev–Trinajstić information content (AvgIpc) is 3.40. The zero-order valence-electron chi connectivity index (χ0n) is 21.1. The Morgan fingerprint density at radius 2 is 1.69 bits per heavy atom. The summed E-state index contributed by atoms with van der Waals surface area (Å²) in [7, 11) is 0. The summed E-state index contributed by atoms with van der Waals surface area (Å²) in [5, 5.41) is 16.7. The van der Waals surface area contributed by atoms with Crippen molar-refractivity contribution < 1.29 is 24.2 Å². The highest BCUT2D eigenvalue weighted by molar-refractivity contribution is 5.90. The van der Waals surface area contributed by atoms with Gasteiger partial charge in [0, 0.05) is 13.1 Å². The molecule has 0 radical (unpaired) electrons. The van der Waals surface area contributed by atoms with Gasteiger partial charge in [0.15, 0.2) is 6.10 Å². The maximum atomic E-state index is 13.4. The van der Waals surface area contributed by atoms with Crippen molar-refractivity contribution in [1.29, 1.82) is 0 Å². The second kappa shape index (κ2) is 13.6. The Hall–Kier alpha value is -3.39. The highest BCUT2D eigenvalue weighted by atomic mass is 16.5. The molecule has 0 aliphatic carbocycles. The maximum Gasteiger partial charge on any atom is 0.407 e. The summed E-state index contributed by atoms with van der Waals surface area (Å²) in [4.78, 5) is 40.2. The van der Waals surface area contributed by atoms with Gasteiger partial charge in [0.1, 0.15) is 12.6 Å². The number of nitrogens with one attached hydrogen (secondary N) is 2. The zero-order chi connectivity index (χ0) is 25.9. The molecule has 8 heteroatoms. The first-order valence-electron chi connectivity index (χ1n) is 12.7. The lowest BCUT2D eigenvalue weighted by Gasteiger charge is -2.30. The van der Waals surface area contributed by atoms with E-state index in [1.807, 2.05) is 60.7 Å². The Morgan fingerprint density at radius 1 is 1.06 bits per heavy atom. The maximum absolute atomic E-state index is 13.4. The van der Waals surface area contributed by atoms with Gasteiger partial charge in [-0.15, -0.1) is 0 Å². The van der Waals surface area contributed by atoms with Crippen LogP contribution in [-0.2, 0) is 27.4 Å². The third-order valence-electron chi connectivity index (χ3n) is 6.61. The minimum absolute atomic E-state index is 0.0688. The van der Waals surface area contributed by atoms with Gasteiger partial charge in [0.2, 0.25) is 5.91 Å². The lowest BCUT2D eigenvalue weighted by atomic mass is 10.00. The molecule has 1 aliphatic heterocycles. The number of carbonyl (C=O) groups excluding carboxylic acids is 3. The van der Waals surface area contributed by atoms with Crippen LogP contribution in [0.15, 0.2) is 60.7 Å². The number of nitrogens with zero attached hydrogens (tertiary/aromatic N) is 1. The predicted molar refractivity (Wildman–Crippen MR) is 137 cm³/mol. The number of hydrogen-bond acceptors (Lipinski definition) is 5. The van der Waals surface area contributed by atoms with E-state index in [-0.39, 0.29) is 18.9 Å². The van der Waals surface area contributed by atoms with Crippen LogP contribution in [0.25, 0.3) is 0 Å². The van der Waals surface area contributed by atoms with Gasteiger partial charge in [-0.3, -0.25) is 9.59 Å². The Balaban J connectivity index is 1.67. The van der Waals surface area contributed by atoms with Crippen LogP contribution in [0.2, 0.25) is 0 Å².